The van der Waals surface area contributed by atoms with Crippen molar-refractivity contribution in [2.24, 2.45) is 0 Å². The molecule has 1 fully saturated rings. The van der Waals surface area contributed by atoms with Crippen molar-refractivity contribution in [2.75, 3.05) is 5.32 Å². The summed E-state index contributed by atoms with van der Waals surface area (Å²) < 4.78 is 0. The van der Waals surface area contributed by atoms with Gasteiger partial charge in [0.2, 0.25) is 11.8 Å². The van der Waals surface area contributed by atoms with E-state index in [1.54, 1.807) is 12.4 Å². The van der Waals surface area contributed by atoms with Gasteiger partial charge in [-0.05, 0) is 48.6 Å². The van der Waals surface area contributed by atoms with Crippen LogP contribution in [0.2, 0.25) is 0 Å². The summed E-state index contributed by atoms with van der Waals surface area (Å²) in [7, 11) is 0. The summed E-state index contributed by atoms with van der Waals surface area (Å²) in [6, 6.07) is 11.6. The second kappa shape index (κ2) is 7.73. The average Bonchev–Trinajstić information content (AvgIpc) is 3.39. The number of aromatic nitrogens is 1. The molecule has 0 spiro atoms. The normalized spacial score (nSPS) is 13.3. The van der Waals surface area contributed by atoms with E-state index in [1.807, 2.05) is 36.4 Å². The van der Waals surface area contributed by atoms with Crippen LogP contribution in [0.4, 0.5) is 5.69 Å². The molecule has 0 bridgehead atoms. The number of anilines is 1. The Bertz CT molecular complexity index is 694. The van der Waals surface area contributed by atoms with Gasteiger partial charge < -0.3 is 10.6 Å². The lowest BCUT2D eigenvalue weighted by atomic mass is 10.1. The SMILES string of the molecule is O=C(CCc1cccnc1)Nc1ccc(CC(=O)NC2CC2)cc1. The van der Waals surface area contributed by atoms with E-state index in [9.17, 15) is 9.59 Å². The number of carbonyl (C=O) groups excluding carboxylic acids is 2. The van der Waals surface area contributed by atoms with E-state index in [-0.39, 0.29) is 11.8 Å². The fourth-order valence-corrected chi connectivity index (χ4v) is 2.43. The van der Waals surface area contributed by atoms with Crippen LogP contribution >= 0.6 is 0 Å². The van der Waals surface area contributed by atoms with Crippen molar-refractivity contribution in [1.29, 1.82) is 0 Å². The lowest BCUT2D eigenvalue weighted by Gasteiger charge is -2.07. The van der Waals surface area contributed by atoms with Gasteiger partial charge in [-0.2, -0.15) is 0 Å². The molecule has 1 aromatic heterocycles. The van der Waals surface area contributed by atoms with E-state index in [2.05, 4.69) is 15.6 Å². The summed E-state index contributed by atoms with van der Waals surface area (Å²) in [6.07, 6.45) is 7.14. The van der Waals surface area contributed by atoms with Gasteiger partial charge in [-0.3, -0.25) is 14.6 Å². The molecule has 0 unspecified atom stereocenters. The van der Waals surface area contributed by atoms with E-state index in [0.29, 0.717) is 25.3 Å². The Kier molecular flexibility index (Phi) is 5.21. The highest BCUT2D eigenvalue weighted by Crippen LogP contribution is 2.19. The first-order valence-corrected chi connectivity index (χ1v) is 8.26. The molecule has 1 saturated carbocycles. The van der Waals surface area contributed by atoms with E-state index >= 15 is 0 Å². The van der Waals surface area contributed by atoms with Gasteiger partial charge in [0.15, 0.2) is 0 Å². The van der Waals surface area contributed by atoms with E-state index in [4.69, 9.17) is 0 Å². The van der Waals surface area contributed by atoms with Crippen LogP contribution < -0.4 is 10.6 Å². The van der Waals surface area contributed by atoms with Crippen LogP contribution in [-0.2, 0) is 22.4 Å². The van der Waals surface area contributed by atoms with Crippen LogP contribution in [0.25, 0.3) is 0 Å². The first kappa shape index (κ1) is 16.2. The topological polar surface area (TPSA) is 71.1 Å². The van der Waals surface area contributed by atoms with Crippen molar-refractivity contribution in [3.8, 4) is 0 Å². The first-order chi connectivity index (χ1) is 11.7. The van der Waals surface area contributed by atoms with Gasteiger partial charge in [0.25, 0.3) is 0 Å². The molecule has 124 valence electrons. The molecule has 1 aliphatic rings. The maximum atomic E-state index is 12.0. The summed E-state index contributed by atoms with van der Waals surface area (Å²) >= 11 is 0. The number of rotatable bonds is 7. The molecule has 1 aromatic carbocycles. The molecule has 3 rings (SSSR count). The molecule has 1 aliphatic carbocycles. The number of benzene rings is 1. The minimum Gasteiger partial charge on any atom is -0.353 e. The minimum absolute atomic E-state index is 0.0296. The molecule has 2 amide bonds. The molecule has 1 heterocycles. The predicted molar refractivity (Wildman–Crippen MR) is 92.5 cm³/mol. The fraction of sp³-hybridized carbons (Fsp3) is 0.316. The number of carbonyl (C=O) groups is 2. The quantitative estimate of drug-likeness (QED) is 0.822. The largest absolute Gasteiger partial charge is 0.353 e. The van der Waals surface area contributed by atoms with E-state index in [1.165, 1.54) is 0 Å². The third-order valence-corrected chi connectivity index (χ3v) is 3.91. The monoisotopic (exact) mass is 323 g/mol. The summed E-state index contributed by atoms with van der Waals surface area (Å²) in [5.41, 5.74) is 2.74. The standard InChI is InChI=1S/C19H21N3O2/c23-18(10-5-15-2-1-11-20-13-15)21-16-6-3-14(4-7-16)12-19(24)22-17-8-9-17/h1-4,6-7,11,13,17H,5,8-10,12H2,(H,21,23)(H,22,24). The maximum Gasteiger partial charge on any atom is 0.224 e. The molecular weight excluding hydrogens is 302 g/mol. The molecule has 2 N–H and O–H groups in total. The van der Waals surface area contributed by atoms with Crippen molar-refractivity contribution >= 4 is 17.5 Å². The van der Waals surface area contributed by atoms with Crippen LogP contribution in [-0.4, -0.2) is 22.8 Å². The van der Waals surface area contributed by atoms with Gasteiger partial charge in [0.05, 0.1) is 6.42 Å². The average molecular weight is 323 g/mol. The van der Waals surface area contributed by atoms with Crippen LogP contribution in [0, 0.1) is 0 Å². The van der Waals surface area contributed by atoms with Crippen molar-refractivity contribution in [3.05, 3.63) is 59.9 Å². The Labute approximate surface area is 141 Å². The Morgan fingerprint density at radius 3 is 2.50 bits per heavy atom. The van der Waals surface area contributed by atoms with Gasteiger partial charge >= 0.3 is 0 Å². The highest BCUT2D eigenvalue weighted by atomic mass is 16.2. The van der Waals surface area contributed by atoms with Crippen LogP contribution in [0.5, 0.6) is 0 Å². The Balaban J connectivity index is 1.44. The van der Waals surface area contributed by atoms with Gasteiger partial charge in [0.1, 0.15) is 0 Å². The summed E-state index contributed by atoms with van der Waals surface area (Å²) in [5.74, 6) is 0.0313. The zero-order valence-electron chi connectivity index (χ0n) is 13.5. The zero-order chi connectivity index (χ0) is 16.8. The highest BCUT2D eigenvalue weighted by Gasteiger charge is 2.22. The second-order valence-corrected chi connectivity index (χ2v) is 6.12. The van der Waals surface area contributed by atoms with Gasteiger partial charge in [-0.15, -0.1) is 0 Å². The number of aryl methyl sites for hydroxylation is 1. The smallest absolute Gasteiger partial charge is 0.224 e. The van der Waals surface area contributed by atoms with E-state index < -0.39 is 0 Å². The van der Waals surface area contributed by atoms with E-state index in [0.717, 1.165) is 29.7 Å². The maximum absolute atomic E-state index is 12.0. The summed E-state index contributed by atoms with van der Waals surface area (Å²) in [5, 5.41) is 5.84. The first-order valence-electron chi connectivity index (χ1n) is 8.26. The minimum atomic E-state index is -0.0296. The van der Waals surface area contributed by atoms with Crippen molar-refractivity contribution in [3.63, 3.8) is 0 Å². The van der Waals surface area contributed by atoms with Crippen LogP contribution in [0.15, 0.2) is 48.8 Å². The fourth-order valence-electron chi connectivity index (χ4n) is 2.43. The number of hydrogen-bond donors (Lipinski definition) is 2. The van der Waals surface area contributed by atoms with Gasteiger partial charge in [0, 0.05) is 30.5 Å². The summed E-state index contributed by atoms with van der Waals surface area (Å²) in [6.45, 7) is 0. The number of hydrogen-bond acceptors (Lipinski definition) is 3. The number of nitrogens with one attached hydrogen (secondary N) is 2. The number of nitrogens with zero attached hydrogens (tertiary/aromatic N) is 1. The second-order valence-electron chi connectivity index (χ2n) is 6.12. The van der Waals surface area contributed by atoms with Gasteiger partial charge in [-0.1, -0.05) is 18.2 Å². The van der Waals surface area contributed by atoms with Crippen LogP contribution in [0.3, 0.4) is 0 Å². The molecule has 5 heteroatoms. The molecule has 0 saturated heterocycles. The third-order valence-electron chi connectivity index (χ3n) is 3.91. The lowest BCUT2D eigenvalue weighted by molar-refractivity contribution is -0.120. The molecule has 5 nitrogen and oxygen atoms in total. The Hall–Kier alpha value is -2.69. The molecule has 0 atom stereocenters. The molecular formula is C19H21N3O2. The molecule has 24 heavy (non-hydrogen) atoms. The Morgan fingerprint density at radius 1 is 1.04 bits per heavy atom. The number of pyridine rings is 1. The van der Waals surface area contributed by atoms with Gasteiger partial charge in [-0.25, -0.2) is 0 Å². The molecule has 2 aromatic rings. The van der Waals surface area contributed by atoms with Crippen molar-refractivity contribution in [1.82, 2.24) is 10.3 Å². The zero-order valence-corrected chi connectivity index (χ0v) is 13.5. The summed E-state index contributed by atoms with van der Waals surface area (Å²) in [4.78, 5) is 27.8. The van der Waals surface area contributed by atoms with Crippen molar-refractivity contribution in [2.45, 2.75) is 38.1 Å². The molecule has 0 aliphatic heterocycles. The third kappa shape index (κ3) is 5.19. The highest BCUT2D eigenvalue weighted by molar-refractivity contribution is 5.90. The predicted octanol–water partition coefficient (Wildman–Crippen LogP) is 2.47. The lowest BCUT2D eigenvalue weighted by Crippen LogP contribution is -2.26. The Morgan fingerprint density at radius 2 is 1.83 bits per heavy atom. The molecule has 0 radical (unpaired) electrons. The number of amides is 2. The van der Waals surface area contributed by atoms with Crippen LogP contribution in [0.1, 0.15) is 30.4 Å². The van der Waals surface area contributed by atoms with Crippen molar-refractivity contribution < 1.29 is 9.59 Å².